The third-order valence-electron chi connectivity index (χ3n) is 4.23. The van der Waals surface area contributed by atoms with Gasteiger partial charge in [0.1, 0.15) is 12.4 Å². The van der Waals surface area contributed by atoms with Crippen molar-refractivity contribution in [2.75, 3.05) is 19.5 Å². The van der Waals surface area contributed by atoms with Gasteiger partial charge in [0.15, 0.2) is 17.5 Å². The summed E-state index contributed by atoms with van der Waals surface area (Å²) in [4.78, 5) is 4.40. The first-order valence-corrected chi connectivity index (χ1v) is 9.22. The predicted molar refractivity (Wildman–Crippen MR) is 131 cm³/mol. The standard InChI is InChI=1S/C23H25N3O3.HI/c1-27-21-12-11-19(14-22(21)28-2)26-23(24)25-15-18-9-6-10-20(13-18)29-16-17-7-4-3-5-8-17;/h3-14H,15-16H2,1-2H3,(H3,24,25,26);1H. The molecule has 0 saturated heterocycles. The topological polar surface area (TPSA) is 78.1 Å². The third-order valence-corrected chi connectivity index (χ3v) is 4.23. The molecule has 6 nitrogen and oxygen atoms in total. The number of ether oxygens (including phenoxy) is 3. The Balaban J connectivity index is 0.00000320. The molecule has 158 valence electrons. The molecule has 3 N–H and O–H groups in total. The summed E-state index contributed by atoms with van der Waals surface area (Å²) in [5, 5.41) is 3.06. The van der Waals surface area contributed by atoms with Crippen LogP contribution < -0.4 is 25.3 Å². The maximum absolute atomic E-state index is 6.02. The lowest BCUT2D eigenvalue weighted by molar-refractivity contribution is 0.306. The summed E-state index contributed by atoms with van der Waals surface area (Å²) in [6, 6.07) is 23.4. The molecule has 3 aromatic rings. The Bertz CT molecular complexity index is 965. The molecule has 0 aliphatic rings. The maximum Gasteiger partial charge on any atom is 0.193 e. The number of anilines is 1. The molecule has 0 saturated carbocycles. The van der Waals surface area contributed by atoms with Crippen molar-refractivity contribution in [3.8, 4) is 17.2 Å². The molecular weight excluding hydrogens is 493 g/mol. The van der Waals surface area contributed by atoms with Crippen LogP contribution in [-0.4, -0.2) is 20.2 Å². The van der Waals surface area contributed by atoms with Gasteiger partial charge < -0.3 is 25.3 Å². The molecule has 0 radical (unpaired) electrons. The minimum Gasteiger partial charge on any atom is -0.493 e. The minimum absolute atomic E-state index is 0. The van der Waals surface area contributed by atoms with Gasteiger partial charge in [-0.15, -0.1) is 24.0 Å². The number of aliphatic imine (C=N–C) groups is 1. The van der Waals surface area contributed by atoms with Crippen LogP contribution in [0.2, 0.25) is 0 Å². The van der Waals surface area contributed by atoms with Crippen molar-refractivity contribution in [2.24, 2.45) is 10.7 Å². The SMILES string of the molecule is COc1ccc(NC(N)=NCc2cccc(OCc3ccccc3)c2)cc1OC.I. The molecule has 0 bridgehead atoms. The molecule has 0 heterocycles. The second kappa shape index (κ2) is 11.9. The first kappa shape index (κ1) is 23.3. The Morgan fingerprint density at radius 1 is 0.867 bits per heavy atom. The van der Waals surface area contributed by atoms with E-state index in [2.05, 4.69) is 10.3 Å². The lowest BCUT2D eigenvalue weighted by Gasteiger charge is -2.11. The van der Waals surface area contributed by atoms with Crippen LogP contribution in [0.5, 0.6) is 17.2 Å². The molecule has 0 fully saturated rings. The smallest absolute Gasteiger partial charge is 0.193 e. The zero-order valence-corrected chi connectivity index (χ0v) is 19.3. The first-order valence-electron chi connectivity index (χ1n) is 9.22. The zero-order chi connectivity index (χ0) is 20.5. The fourth-order valence-electron chi connectivity index (χ4n) is 2.75. The molecule has 3 aromatic carbocycles. The number of guanidine groups is 1. The van der Waals surface area contributed by atoms with Crippen LogP contribution in [-0.2, 0) is 13.2 Å². The number of rotatable bonds is 8. The van der Waals surface area contributed by atoms with Gasteiger partial charge in [-0.3, -0.25) is 0 Å². The van der Waals surface area contributed by atoms with E-state index in [0.717, 1.165) is 22.6 Å². The van der Waals surface area contributed by atoms with Crippen LogP contribution in [0, 0.1) is 0 Å². The molecule has 0 unspecified atom stereocenters. The van der Waals surface area contributed by atoms with Gasteiger partial charge in [0.2, 0.25) is 0 Å². The number of nitrogens with zero attached hydrogens (tertiary/aromatic N) is 1. The number of methoxy groups -OCH3 is 2. The molecule has 0 atom stereocenters. The number of hydrogen-bond acceptors (Lipinski definition) is 4. The van der Waals surface area contributed by atoms with Crippen molar-refractivity contribution < 1.29 is 14.2 Å². The van der Waals surface area contributed by atoms with Crippen LogP contribution in [0.25, 0.3) is 0 Å². The van der Waals surface area contributed by atoms with Gasteiger partial charge in [-0.25, -0.2) is 4.99 Å². The Labute approximate surface area is 194 Å². The fourth-order valence-corrected chi connectivity index (χ4v) is 2.75. The van der Waals surface area contributed by atoms with E-state index in [0.29, 0.717) is 30.6 Å². The van der Waals surface area contributed by atoms with Crippen LogP contribution in [0.3, 0.4) is 0 Å². The summed E-state index contributed by atoms with van der Waals surface area (Å²) in [5.41, 5.74) is 8.92. The predicted octanol–water partition coefficient (Wildman–Crippen LogP) is 4.83. The Hall–Kier alpha value is -2.94. The van der Waals surface area contributed by atoms with E-state index in [-0.39, 0.29) is 24.0 Å². The number of hydrogen-bond donors (Lipinski definition) is 2. The van der Waals surface area contributed by atoms with E-state index in [1.165, 1.54) is 0 Å². The van der Waals surface area contributed by atoms with Crippen molar-refractivity contribution in [1.82, 2.24) is 0 Å². The van der Waals surface area contributed by atoms with Gasteiger partial charge in [-0.1, -0.05) is 42.5 Å². The molecular formula is C23H26IN3O3. The molecule has 0 aromatic heterocycles. The van der Waals surface area contributed by atoms with Gasteiger partial charge in [-0.05, 0) is 35.4 Å². The highest BCUT2D eigenvalue weighted by atomic mass is 127. The van der Waals surface area contributed by atoms with E-state index >= 15 is 0 Å². The fraction of sp³-hybridized carbons (Fsp3) is 0.174. The molecule has 0 aliphatic heterocycles. The zero-order valence-electron chi connectivity index (χ0n) is 17.0. The first-order chi connectivity index (χ1) is 14.2. The summed E-state index contributed by atoms with van der Waals surface area (Å²) in [6.07, 6.45) is 0. The molecule has 0 spiro atoms. The highest BCUT2D eigenvalue weighted by molar-refractivity contribution is 14.0. The number of nitrogens with two attached hydrogens (primary N) is 1. The highest BCUT2D eigenvalue weighted by Crippen LogP contribution is 2.29. The lowest BCUT2D eigenvalue weighted by Crippen LogP contribution is -2.22. The summed E-state index contributed by atoms with van der Waals surface area (Å²) in [6.45, 7) is 0.964. The summed E-state index contributed by atoms with van der Waals surface area (Å²) < 4.78 is 16.4. The second-order valence-electron chi connectivity index (χ2n) is 6.32. The molecule has 0 aliphatic carbocycles. The molecule has 3 rings (SSSR count). The minimum atomic E-state index is 0. The van der Waals surface area contributed by atoms with Gasteiger partial charge in [0.05, 0.1) is 20.8 Å². The average Bonchev–Trinajstić information content (AvgIpc) is 2.77. The van der Waals surface area contributed by atoms with Crippen LogP contribution in [0.4, 0.5) is 5.69 Å². The number of nitrogens with one attached hydrogen (secondary N) is 1. The second-order valence-corrected chi connectivity index (χ2v) is 6.32. The quantitative estimate of drug-likeness (QED) is 0.253. The van der Waals surface area contributed by atoms with Crippen LogP contribution in [0.15, 0.2) is 77.8 Å². The summed E-state index contributed by atoms with van der Waals surface area (Å²) in [7, 11) is 3.18. The lowest BCUT2D eigenvalue weighted by atomic mass is 10.2. The third kappa shape index (κ3) is 6.84. The monoisotopic (exact) mass is 519 g/mol. The van der Waals surface area contributed by atoms with E-state index in [1.54, 1.807) is 20.3 Å². The van der Waals surface area contributed by atoms with Crippen molar-refractivity contribution in [2.45, 2.75) is 13.2 Å². The average molecular weight is 519 g/mol. The van der Waals surface area contributed by atoms with Gasteiger partial charge in [-0.2, -0.15) is 0 Å². The Kier molecular flexibility index (Phi) is 9.27. The van der Waals surface area contributed by atoms with Crippen molar-refractivity contribution >= 4 is 35.6 Å². The normalized spacial score (nSPS) is 10.7. The maximum atomic E-state index is 6.02. The summed E-state index contributed by atoms with van der Waals surface area (Å²) >= 11 is 0. The van der Waals surface area contributed by atoms with Crippen molar-refractivity contribution in [1.29, 1.82) is 0 Å². The van der Waals surface area contributed by atoms with Crippen molar-refractivity contribution in [3.63, 3.8) is 0 Å². The van der Waals surface area contributed by atoms with E-state index in [1.807, 2.05) is 66.7 Å². The number of benzene rings is 3. The van der Waals surface area contributed by atoms with Gasteiger partial charge in [0.25, 0.3) is 0 Å². The summed E-state index contributed by atoms with van der Waals surface area (Å²) in [5.74, 6) is 2.38. The highest BCUT2D eigenvalue weighted by Gasteiger charge is 2.05. The molecule has 7 heteroatoms. The van der Waals surface area contributed by atoms with E-state index in [9.17, 15) is 0 Å². The largest absolute Gasteiger partial charge is 0.493 e. The Morgan fingerprint density at radius 3 is 2.33 bits per heavy atom. The van der Waals surface area contributed by atoms with Crippen LogP contribution in [0.1, 0.15) is 11.1 Å². The number of halogens is 1. The molecule has 0 amide bonds. The van der Waals surface area contributed by atoms with Crippen LogP contribution >= 0.6 is 24.0 Å². The van der Waals surface area contributed by atoms with Gasteiger partial charge in [0, 0.05) is 11.8 Å². The van der Waals surface area contributed by atoms with E-state index < -0.39 is 0 Å². The Morgan fingerprint density at radius 2 is 1.60 bits per heavy atom. The van der Waals surface area contributed by atoms with Gasteiger partial charge >= 0.3 is 0 Å². The van der Waals surface area contributed by atoms with Crippen molar-refractivity contribution in [3.05, 3.63) is 83.9 Å². The van der Waals surface area contributed by atoms with E-state index in [4.69, 9.17) is 19.9 Å². The molecule has 30 heavy (non-hydrogen) atoms.